The number of carbonyl (C=O) groups excluding carboxylic acids is 1. The summed E-state index contributed by atoms with van der Waals surface area (Å²) >= 11 is 0. The fourth-order valence-electron chi connectivity index (χ4n) is 3.24. The zero-order valence-electron chi connectivity index (χ0n) is 18.8. The van der Waals surface area contributed by atoms with Gasteiger partial charge in [-0.2, -0.15) is 4.98 Å². The Morgan fingerprint density at radius 3 is 2.80 bits per heavy atom. The zero-order valence-corrected chi connectivity index (χ0v) is 18.8. The number of anilines is 1. The van der Waals surface area contributed by atoms with Crippen molar-refractivity contribution in [3.8, 4) is 11.4 Å². The molecule has 184 valence electrons. The maximum Gasteiger partial charge on any atom is 0.309 e. The molecule has 35 heavy (non-hydrogen) atoms. The first kappa shape index (κ1) is 24.3. The van der Waals surface area contributed by atoms with E-state index in [9.17, 15) is 22.4 Å². The van der Waals surface area contributed by atoms with Gasteiger partial charge in [-0.05, 0) is 37.1 Å². The van der Waals surface area contributed by atoms with Crippen LogP contribution in [0.1, 0.15) is 33.9 Å². The molecule has 0 aliphatic rings. The summed E-state index contributed by atoms with van der Waals surface area (Å²) in [5, 5.41) is 6.69. The highest BCUT2D eigenvalue weighted by Crippen LogP contribution is 2.27. The second kappa shape index (κ2) is 9.82. The third-order valence-electron chi connectivity index (χ3n) is 5.22. The average molecular weight is 491 g/mol. The molecule has 1 aromatic carbocycles. The van der Waals surface area contributed by atoms with Crippen LogP contribution in [-0.4, -0.2) is 44.4 Å². The second-order valence-corrected chi connectivity index (χ2v) is 7.94. The topological polar surface area (TPSA) is 94.6 Å². The molecule has 0 aliphatic heterocycles. The molecule has 1 amide bonds. The number of nitrogens with zero attached hydrogens (tertiary/aromatic N) is 4. The van der Waals surface area contributed by atoms with E-state index in [4.69, 9.17) is 9.26 Å². The number of nitrogens with one attached hydrogen (secondary N) is 1. The highest BCUT2D eigenvalue weighted by atomic mass is 19.3. The van der Waals surface area contributed by atoms with Crippen molar-refractivity contribution >= 4 is 17.2 Å². The standard InChI is InChI=1S/C23H21F4N5O3/c1-13-3-6-18-28-10-17(32(18)11-13)21(33)29-16-9-15(5-4-14(16)2)20-30-19(35-31-20)12-34-8-7-23(26,27)22(24)25/h3-6,9-11,22H,7-8,12H2,1-2H3,(H,29,33). The lowest BCUT2D eigenvalue weighted by Gasteiger charge is -2.14. The number of carbonyl (C=O) groups is 1. The molecule has 0 aliphatic carbocycles. The van der Waals surface area contributed by atoms with Gasteiger partial charge in [0.25, 0.3) is 11.8 Å². The Morgan fingerprint density at radius 1 is 1.23 bits per heavy atom. The lowest BCUT2D eigenvalue weighted by atomic mass is 10.1. The fraction of sp³-hybridized carbons (Fsp3) is 0.304. The van der Waals surface area contributed by atoms with Gasteiger partial charge in [0.15, 0.2) is 0 Å². The third-order valence-corrected chi connectivity index (χ3v) is 5.22. The SMILES string of the molecule is Cc1ccc2ncc(C(=O)Nc3cc(-c4noc(COCCC(F)(F)C(F)F)n4)ccc3C)n2c1. The number of alkyl halides is 4. The molecule has 3 aromatic heterocycles. The molecule has 0 radical (unpaired) electrons. The first-order chi connectivity index (χ1) is 16.6. The Bertz CT molecular complexity index is 1350. The van der Waals surface area contributed by atoms with E-state index >= 15 is 0 Å². The minimum atomic E-state index is -4.12. The minimum Gasteiger partial charge on any atom is -0.371 e. The van der Waals surface area contributed by atoms with E-state index in [1.165, 1.54) is 6.20 Å². The number of rotatable bonds is 9. The Hall–Kier alpha value is -3.80. The van der Waals surface area contributed by atoms with E-state index in [1.807, 2.05) is 32.2 Å². The quantitative estimate of drug-likeness (QED) is 0.260. The molecule has 4 aromatic rings. The van der Waals surface area contributed by atoms with Crippen LogP contribution in [0, 0.1) is 13.8 Å². The number of aryl methyl sites for hydroxylation is 2. The molecule has 4 rings (SSSR count). The lowest BCUT2D eigenvalue weighted by molar-refractivity contribution is -0.142. The van der Waals surface area contributed by atoms with Gasteiger partial charge in [0.1, 0.15) is 17.9 Å². The number of pyridine rings is 1. The number of hydrogen-bond acceptors (Lipinski definition) is 6. The maximum absolute atomic E-state index is 12.9. The lowest BCUT2D eigenvalue weighted by Crippen LogP contribution is -2.28. The molecule has 0 spiro atoms. The van der Waals surface area contributed by atoms with Gasteiger partial charge in [0.05, 0.1) is 12.8 Å². The van der Waals surface area contributed by atoms with Crippen LogP contribution in [0.2, 0.25) is 0 Å². The molecule has 0 fully saturated rings. The van der Waals surface area contributed by atoms with Gasteiger partial charge in [0.2, 0.25) is 5.82 Å². The summed E-state index contributed by atoms with van der Waals surface area (Å²) in [5.74, 6) is -4.30. The van der Waals surface area contributed by atoms with Crippen molar-refractivity contribution in [2.75, 3.05) is 11.9 Å². The van der Waals surface area contributed by atoms with Crippen molar-refractivity contribution in [2.45, 2.75) is 39.2 Å². The third kappa shape index (κ3) is 5.48. The monoisotopic (exact) mass is 491 g/mol. The summed E-state index contributed by atoms with van der Waals surface area (Å²) in [6.45, 7) is 2.83. The van der Waals surface area contributed by atoms with E-state index in [0.29, 0.717) is 22.6 Å². The normalized spacial score (nSPS) is 12.0. The molecule has 0 unspecified atom stereocenters. The van der Waals surface area contributed by atoms with Gasteiger partial charge < -0.3 is 14.6 Å². The van der Waals surface area contributed by atoms with Crippen molar-refractivity contribution in [1.29, 1.82) is 0 Å². The van der Waals surface area contributed by atoms with Gasteiger partial charge in [-0.3, -0.25) is 9.20 Å². The van der Waals surface area contributed by atoms with Crippen molar-refractivity contribution in [3.63, 3.8) is 0 Å². The zero-order chi connectivity index (χ0) is 25.2. The van der Waals surface area contributed by atoms with E-state index in [2.05, 4.69) is 20.4 Å². The summed E-state index contributed by atoms with van der Waals surface area (Å²) in [4.78, 5) is 21.3. The largest absolute Gasteiger partial charge is 0.371 e. The van der Waals surface area contributed by atoms with E-state index in [0.717, 1.165) is 11.1 Å². The van der Waals surface area contributed by atoms with Crippen LogP contribution in [0.4, 0.5) is 23.2 Å². The van der Waals surface area contributed by atoms with E-state index < -0.39 is 25.4 Å². The first-order valence-corrected chi connectivity index (χ1v) is 10.6. The molecule has 1 N–H and O–H groups in total. The summed E-state index contributed by atoms with van der Waals surface area (Å²) in [6.07, 6.45) is -1.57. The number of aromatic nitrogens is 4. The van der Waals surface area contributed by atoms with Crippen LogP contribution < -0.4 is 5.32 Å². The van der Waals surface area contributed by atoms with Gasteiger partial charge in [-0.25, -0.2) is 22.5 Å². The van der Waals surface area contributed by atoms with Crippen LogP contribution in [-0.2, 0) is 11.3 Å². The molecule has 0 atom stereocenters. The molecular formula is C23H21F4N5O3. The van der Waals surface area contributed by atoms with Crippen LogP contribution in [0.5, 0.6) is 0 Å². The number of hydrogen-bond donors (Lipinski definition) is 1. The van der Waals surface area contributed by atoms with Crippen LogP contribution in [0.25, 0.3) is 17.0 Å². The van der Waals surface area contributed by atoms with Gasteiger partial charge in [-0.1, -0.05) is 23.4 Å². The van der Waals surface area contributed by atoms with Crippen LogP contribution in [0.3, 0.4) is 0 Å². The number of imidazole rings is 1. The predicted molar refractivity (Wildman–Crippen MR) is 118 cm³/mol. The molecule has 0 bridgehead atoms. The average Bonchev–Trinajstić information content (AvgIpc) is 3.45. The van der Waals surface area contributed by atoms with Gasteiger partial charge >= 0.3 is 12.3 Å². The highest BCUT2D eigenvalue weighted by molar-refractivity contribution is 6.04. The van der Waals surface area contributed by atoms with Crippen molar-refractivity contribution in [3.05, 3.63) is 65.4 Å². The van der Waals surface area contributed by atoms with E-state index in [-0.39, 0.29) is 24.2 Å². The van der Waals surface area contributed by atoms with Gasteiger partial charge in [0, 0.05) is 23.9 Å². The van der Waals surface area contributed by atoms with Crippen LogP contribution >= 0.6 is 0 Å². The van der Waals surface area contributed by atoms with Crippen LogP contribution in [0.15, 0.2) is 47.2 Å². The maximum atomic E-state index is 12.9. The number of ether oxygens (including phenoxy) is 1. The van der Waals surface area contributed by atoms with Crippen molar-refractivity contribution < 1.29 is 31.6 Å². The van der Waals surface area contributed by atoms with Gasteiger partial charge in [-0.15, -0.1) is 0 Å². The summed E-state index contributed by atoms with van der Waals surface area (Å²) in [7, 11) is 0. The molecule has 0 saturated heterocycles. The number of benzene rings is 1. The van der Waals surface area contributed by atoms with Crippen molar-refractivity contribution in [2.24, 2.45) is 0 Å². The Kier molecular flexibility index (Phi) is 6.83. The molecule has 12 heteroatoms. The molecule has 3 heterocycles. The van der Waals surface area contributed by atoms with Crippen molar-refractivity contribution in [1.82, 2.24) is 19.5 Å². The molecular weight excluding hydrogens is 470 g/mol. The first-order valence-electron chi connectivity index (χ1n) is 10.6. The highest BCUT2D eigenvalue weighted by Gasteiger charge is 2.40. The molecule has 8 nitrogen and oxygen atoms in total. The number of halogens is 4. The Labute approximate surface area is 196 Å². The summed E-state index contributed by atoms with van der Waals surface area (Å²) in [6, 6.07) is 8.88. The second-order valence-electron chi connectivity index (χ2n) is 7.94. The Morgan fingerprint density at radius 2 is 2.03 bits per heavy atom. The summed E-state index contributed by atoms with van der Waals surface area (Å²) < 4.78 is 61.9. The Balaban J connectivity index is 1.43. The predicted octanol–water partition coefficient (Wildman–Crippen LogP) is 5.06. The number of fused-ring (bicyclic) bond motifs is 1. The number of amides is 1. The fourth-order valence-corrected chi connectivity index (χ4v) is 3.24. The minimum absolute atomic E-state index is 0.00683. The summed E-state index contributed by atoms with van der Waals surface area (Å²) in [5.41, 5.74) is 3.82. The smallest absolute Gasteiger partial charge is 0.309 e. The van der Waals surface area contributed by atoms with E-state index in [1.54, 1.807) is 22.6 Å². The molecule has 0 saturated carbocycles.